The van der Waals surface area contributed by atoms with Gasteiger partial charge in [-0.3, -0.25) is 0 Å². The van der Waals surface area contributed by atoms with Gasteiger partial charge in [-0.15, -0.1) is 5.10 Å². The normalized spacial score (nSPS) is 31.9. The van der Waals surface area contributed by atoms with Crippen molar-refractivity contribution in [2.75, 3.05) is 31.6 Å². The summed E-state index contributed by atoms with van der Waals surface area (Å²) in [6.45, 7) is 5.37. The molecule has 2 atom stereocenters. The second-order valence-electron chi connectivity index (χ2n) is 7.78. The van der Waals surface area contributed by atoms with E-state index in [0.717, 1.165) is 55.2 Å². The highest BCUT2D eigenvalue weighted by atomic mass is 15.3. The first-order valence-corrected chi connectivity index (χ1v) is 9.19. The molecule has 0 aromatic carbocycles. The van der Waals surface area contributed by atoms with Crippen molar-refractivity contribution in [3.05, 3.63) is 17.8 Å². The average Bonchev–Trinajstić information content (AvgIpc) is 2.48. The van der Waals surface area contributed by atoms with Gasteiger partial charge in [0.2, 0.25) is 0 Å². The average molecular weight is 315 g/mol. The van der Waals surface area contributed by atoms with E-state index in [1.807, 2.05) is 13.0 Å². The molecule has 3 saturated heterocycles. The maximum atomic E-state index is 4.28. The summed E-state index contributed by atoms with van der Waals surface area (Å²) in [5, 5.41) is 12.3. The number of hydrogen-bond donors (Lipinski definition) is 1. The van der Waals surface area contributed by atoms with E-state index in [2.05, 4.69) is 38.4 Å². The number of nitrogens with one attached hydrogen (secondary N) is 1. The van der Waals surface area contributed by atoms with Crippen LogP contribution in [0.5, 0.6) is 0 Å². The topological polar surface area (TPSA) is 44.3 Å². The lowest BCUT2D eigenvalue weighted by atomic mass is 9.82. The highest BCUT2D eigenvalue weighted by Crippen LogP contribution is 2.32. The summed E-state index contributed by atoms with van der Waals surface area (Å²) in [6, 6.07) is 6.51. The van der Waals surface area contributed by atoms with E-state index in [-0.39, 0.29) is 0 Å². The van der Waals surface area contributed by atoms with Crippen molar-refractivity contribution in [3.8, 4) is 0 Å². The lowest BCUT2D eigenvalue weighted by molar-refractivity contribution is 0.0474. The van der Waals surface area contributed by atoms with Crippen LogP contribution < -0.4 is 10.2 Å². The Morgan fingerprint density at radius 1 is 1.13 bits per heavy atom. The number of aromatic nitrogens is 2. The van der Waals surface area contributed by atoms with Crippen LogP contribution in [0.3, 0.4) is 0 Å². The summed E-state index contributed by atoms with van der Waals surface area (Å²) in [7, 11) is 2.33. The molecule has 2 unspecified atom stereocenters. The molecule has 0 spiro atoms. The van der Waals surface area contributed by atoms with Crippen molar-refractivity contribution >= 4 is 5.82 Å². The number of fused-ring (bicyclic) bond motifs is 2. The zero-order chi connectivity index (χ0) is 15.8. The molecule has 126 valence electrons. The Bertz CT molecular complexity index is 511. The second-order valence-corrected chi connectivity index (χ2v) is 7.78. The van der Waals surface area contributed by atoms with Gasteiger partial charge < -0.3 is 15.1 Å². The fourth-order valence-electron chi connectivity index (χ4n) is 4.56. The van der Waals surface area contributed by atoms with Crippen LogP contribution in [0.1, 0.15) is 37.8 Å². The summed E-state index contributed by atoms with van der Waals surface area (Å²) in [5.74, 6) is 1.79. The summed E-state index contributed by atoms with van der Waals surface area (Å²) >= 11 is 0. The smallest absolute Gasteiger partial charge is 0.151 e. The first kappa shape index (κ1) is 15.3. The fraction of sp³-hybridized carbons (Fsp3) is 0.778. The van der Waals surface area contributed by atoms with Gasteiger partial charge in [0, 0.05) is 43.7 Å². The Morgan fingerprint density at radius 3 is 2.52 bits per heavy atom. The summed E-state index contributed by atoms with van der Waals surface area (Å²) in [6.07, 6.45) is 6.91. The summed E-state index contributed by atoms with van der Waals surface area (Å²) < 4.78 is 0. The molecule has 4 rings (SSSR count). The van der Waals surface area contributed by atoms with E-state index in [9.17, 15) is 0 Å². The van der Waals surface area contributed by atoms with Crippen molar-refractivity contribution in [1.29, 1.82) is 0 Å². The van der Waals surface area contributed by atoms with E-state index in [1.54, 1.807) is 0 Å². The predicted molar refractivity (Wildman–Crippen MR) is 92.7 cm³/mol. The minimum atomic E-state index is 0.731. The molecule has 3 aliphatic rings. The molecule has 3 fully saturated rings. The maximum Gasteiger partial charge on any atom is 0.151 e. The first-order chi connectivity index (χ1) is 11.2. The number of nitrogens with zero attached hydrogens (tertiary/aromatic N) is 4. The minimum Gasteiger partial charge on any atom is -0.354 e. The molecule has 23 heavy (non-hydrogen) atoms. The molecule has 0 amide bonds. The Hall–Kier alpha value is -1.20. The van der Waals surface area contributed by atoms with Crippen LogP contribution in [0.15, 0.2) is 12.1 Å². The van der Waals surface area contributed by atoms with Gasteiger partial charge in [0.15, 0.2) is 5.82 Å². The molecule has 2 bridgehead atoms. The van der Waals surface area contributed by atoms with Gasteiger partial charge in [-0.2, -0.15) is 5.10 Å². The highest BCUT2D eigenvalue weighted by Gasteiger charge is 2.36. The maximum absolute atomic E-state index is 4.28. The van der Waals surface area contributed by atoms with Crippen molar-refractivity contribution < 1.29 is 0 Å². The monoisotopic (exact) mass is 315 g/mol. The third kappa shape index (κ3) is 3.22. The van der Waals surface area contributed by atoms with Crippen LogP contribution in [0.2, 0.25) is 0 Å². The van der Waals surface area contributed by atoms with E-state index in [4.69, 9.17) is 0 Å². The third-order valence-corrected chi connectivity index (χ3v) is 6.10. The molecule has 1 aromatic heterocycles. The van der Waals surface area contributed by atoms with Crippen LogP contribution in [-0.4, -0.2) is 59.9 Å². The molecule has 5 heteroatoms. The van der Waals surface area contributed by atoms with Crippen molar-refractivity contribution in [1.82, 2.24) is 20.4 Å². The Balaban J connectivity index is 1.22. The molecule has 1 N–H and O–H groups in total. The van der Waals surface area contributed by atoms with Crippen molar-refractivity contribution in [3.63, 3.8) is 0 Å². The Labute approximate surface area is 139 Å². The minimum absolute atomic E-state index is 0.731. The number of piperidine rings is 2. The van der Waals surface area contributed by atoms with Crippen LogP contribution in [0.4, 0.5) is 5.82 Å². The van der Waals surface area contributed by atoms with Gasteiger partial charge in [0.25, 0.3) is 0 Å². The van der Waals surface area contributed by atoms with Gasteiger partial charge in [-0.1, -0.05) is 6.42 Å². The zero-order valence-electron chi connectivity index (χ0n) is 14.4. The van der Waals surface area contributed by atoms with Crippen molar-refractivity contribution in [2.45, 2.75) is 57.2 Å². The molecule has 5 nitrogen and oxygen atoms in total. The van der Waals surface area contributed by atoms with E-state index < -0.39 is 0 Å². The quantitative estimate of drug-likeness (QED) is 0.918. The molecule has 0 saturated carbocycles. The van der Waals surface area contributed by atoms with Gasteiger partial charge in [-0.25, -0.2) is 0 Å². The summed E-state index contributed by atoms with van der Waals surface area (Å²) in [4.78, 5) is 4.98. The zero-order valence-corrected chi connectivity index (χ0v) is 14.4. The van der Waals surface area contributed by atoms with Gasteiger partial charge in [0.1, 0.15) is 0 Å². The molecule has 3 aliphatic heterocycles. The molecular formula is C18H29N5. The van der Waals surface area contributed by atoms with E-state index in [0.29, 0.717) is 0 Å². The van der Waals surface area contributed by atoms with Gasteiger partial charge in [0.05, 0.1) is 5.69 Å². The molecule has 0 aliphatic carbocycles. The second kappa shape index (κ2) is 6.36. The number of rotatable bonds is 4. The van der Waals surface area contributed by atoms with Crippen LogP contribution in [-0.2, 0) is 0 Å². The van der Waals surface area contributed by atoms with Gasteiger partial charge in [-0.05, 0) is 51.8 Å². The first-order valence-electron chi connectivity index (χ1n) is 9.19. The van der Waals surface area contributed by atoms with Gasteiger partial charge >= 0.3 is 0 Å². The largest absolute Gasteiger partial charge is 0.354 e. The third-order valence-electron chi connectivity index (χ3n) is 6.10. The number of anilines is 1. The molecule has 1 aromatic rings. The molecular weight excluding hydrogens is 286 g/mol. The fourth-order valence-corrected chi connectivity index (χ4v) is 4.56. The van der Waals surface area contributed by atoms with E-state index in [1.165, 1.54) is 32.1 Å². The Morgan fingerprint density at radius 2 is 1.87 bits per heavy atom. The van der Waals surface area contributed by atoms with Crippen molar-refractivity contribution in [2.24, 2.45) is 5.92 Å². The number of aryl methyl sites for hydroxylation is 1. The SMILES string of the molecule is Cc1ccc(N2CC(CNC3CC4CCCC(C3)N4C)C2)nn1. The molecule has 4 heterocycles. The summed E-state index contributed by atoms with van der Waals surface area (Å²) in [5.41, 5.74) is 0.986. The predicted octanol–water partition coefficient (Wildman–Crippen LogP) is 1.83. The number of hydrogen-bond acceptors (Lipinski definition) is 5. The Kier molecular flexibility index (Phi) is 4.24. The van der Waals surface area contributed by atoms with E-state index >= 15 is 0 Å². The molecule has 0 radical (unpaired) electrons. The highest BCUT2D eigenvalue weighted by molar-refractivity contribution is 5.40. The van der Waals surface area contributed by atoms with Crippen LogP contribution >= 0.6 is 0 Å². The van der Waals surface area contributed by atoms with Crippen LogP contribution in [0.25, 0.3) is 0 Å². The van der Waals surface area contributed by atoms with Crippen LogP contribution in [0, 0.1) is 12.8 Å². The lowest BCUT2D eigenvalue weighted by Gasteiger charge is -2.48. The lowest BCUT2D eigenvalue weighted by Crippen LogP contribution is -2.57. The standard InChI is InChI=1S/C18H29N5/c1-13-6-7-18(21-20-13)23-11-14(12-23)10-19-15-8-16-4-3-5-17(9-15)22(16)2/h6-7,14-17,19H,3-5,8-12H2,1-2H3.